The van der Waals surface area contributed by atoms with Crippen molar-refractivity contribution in [1.82, 2.24) is 5.32 Å². The summed E-state index contributed by atoms with van der Waals surface area (Å²) >= 11 is 0. The third-order valence-corrected chi connectivity index (χ3v) is 4.17. The van der Waals surface area contributed by atoms with Gasteiger partial charge in [0.25, 0.3) is 0 Å². The minimum Gasteiger partial charge on any atom is -0.371 e. The highest BCUT2D eigenvalue weighted by Crippen LogP contribution is 2.40. The SMILES string of the molecule is CCNCC1CCN2CCCc3cccc1c32. The van der Waals surface area contributed by atoms with E-state index in [1.807, 2.05) is 0 Å². The summed E-state index contributed by atoms with van der Waals surface area (Å²) in [5.74, 6) is 0.722. The molecule has 0 aliphatic carbocycles. The van der Waals surface area contributed by atoms with Gasteiger partial charge in [-0.05, 0) is 36.9 Å². The first-order valence-corrected chi connectivity index (χ1v) is 6.97. The monoisotopic (exact) mass is 230 g/mol. The van der Waals surface area contributed by atoms with Crippen LogP contribution in [0.3, 0.4) is 0 Å². The summed E-state index contributed by atoms with van der Waals surface area (Å²) in [6.45, 7) is 6.92. The number of benzene rings is 1. The van der Waals surface area contributed by atoms with Gasteiger partial charge in [-0.15, -0.1) is 0 Å². The van der Waals surface area contributed by atoms with Crippen molar-refractivity contribution in [2.24, 2.45) is 0 Å². The Morgan fingerprint density at radius 2 is 2.29 bits per heavy atom. The van der Waals surface area contributed by atoms with Crippen molar-refractivity contribution in [3.63, 3.8) is 0 Å². The van der Waals surface area contributed by atoms with Crippen LogP contribution in [-0.4, -0.2) is 26.2 Å². The molecule has 3 rings (SSSR count). The Hall–Kier alpha value is -1.02. The van der Waals surface area contributed by atoms with Crippen molar-refractivity contribution in [2.45, 2.75) is 32.1 Å². The van der Waals surface area contributed by atoms with E-state index < -0.39 is 0 Å². The third-order valence-electron chi connectivity index (χ3n) is 4.17. The summed E-state index contributed by atoms with van der Waals surface area (Å²) < 4.78 is 0. The molecular formula is C15H22N2. The van der Waals surface area contributed by atoms with Gasteiger partial charge in [0.1, 0.15) is 0 Å². The molecule has 2 aliphatic heterocycles. The van der Waals surface area contributed by atoms with Crippen molar-refractivity contribution in [3.05, 3.63) is 29.3 Å². The van der Waals surface area contributed by atoms with Crippen LogP contribution in [0.4, 0.5) is 5.69 Å². The zero-order chi connectivity index (χ0) is 11.7. The summed E-state index contributed by atoms with van der Waals surface area (Å²) in [4.78, 5) is 2.61. The van der Waals surface area contributed by atoms with Crippen molar-refractivity contribution in [1.29, 1.82) is 0 Å². The lowest BCUT2D eigenvalue weighted by Gasteiger charge is -2.40. The molecule has 2 heterocycles. The second-order valence-electron chi connectivity index (χ2n) is 5.24. The summed E-state index contributed by atoms with van der Waals surface area (Å²) in [5, 5.41) is 3.51. The topological polar surface area (TPSA) is 15.3 Å². The molecule has 92 valence electrons. The van der Waals surface area contributed by atoms with Gasteiger partial charge in [0.2, 0.25) is 0 Å². The average molecular weight is 230 g/mol. The maximum atomic E-state index is 3.51. The number of anilines is 1. The first-order chi connectivity index (χ1) is 8.40. The average Bonchev–Trinajstić information content (AvgIpc) is 2.39. The van der Waals surface area contributed by atoms with Gasteiger partial charge in [0.15, 0.2) is 0 Å². The Morgan fingerprint density at radius 3 is 3.18 bits per heavy atom. The van der Waals surface area contributed by atoms with E-state index in [9.17, 15) is 0 Å². The summed E-state index contributed by atoms with van der Waals surface area (Å²) in [6.07, 6.45) is 3.91. The van der Waals surface area contributed by atoms with Crippen LogP contribution in [0.15, 0.2) is 18.2 Å². The number of aryl methyl sites for hydroxylation is 1. The van der Waals surface area contributed by atoms with E-state index >= 15 is 0 Å². The smallest absolute Gasteiger partial charge is 0.0434 e. The van der Waals surface area contributed by atoms with Gasteiger partial charge in [0, 0.05) is 31.2 Å². The van der Waals surface area contributed by atoms with Crippen LogP contribution in [0.25, 0.3) is 0 Å². The molecule has 2 nitrogen and oxygen atoms in total. The highest BCUT2D eigenvalue weighted by molar-refractivity contribution is 5.64. The van der Waals surface area contributed by atoms with Gasteiger partial charge < -0.3 is 10.2 Å². The molecule has 0 saturated heterocycles. The molecule has 17 heavy (non-hydrogen) atoms. The van der Waals surface area contributed by atoms with Crippen LogP contribution < -0.4 is 10.2 Å². The van der Waals surface area contributed by atoms with Crippen LogP contribution in [0.1, 0.15) is 36.8 Å². The van der Waals surface area contributed by atoms with Gasteiger partial charge in [0.05, 0.1) is 0 Å². The molecule has 0 bridgehead atoms. The zero-order valence-corrected chi connectivity index (χ0v) is 10.7. The quantitative estimate of drug-likeness (QED) is 0.858. The molecule has 0 radical (unpaired) electrons. The van der Waals surface area contributed by atoms with Crippen molar-refractivity contribution in [2.75, 3.05) is 31.1 Å². The van der Waals surface area contributed by atoms with Gasteiger partial charge in [-0.1, -0.05) is 25.1 Å². The van der Waals surface area contributed by atoms with Crippen LogP contribution in [0, 0.1) is 0 Å². The van der Waals surface area contributed by atoms with E-state index in [4.69, 9.17) is 0 Å². The highest BCUT2D eigenvalue weighted by atomic mass is 15.1. The number of hydrogen-bond donors (Lipinski definition) is 1. The largest absolute Gasteiger partial charge is 0.371 e. The molecule has 2 heteroatoms. The van der Waals surface area contributed by atoms with Gasteiger partial charge in [-0.25, -0.2) is 0 Å². The number of rotatable bonds is 3. The fourth-order valence-corrected chi connectivity index (χ4v) is 3.32. The number of hydrogen-bond acceptors (Lipinski definition) is 2. The van der Waals surface area contributed by atoms with E-state index in [-0.39, 0.29) is 0 Å². The second kappa shape index (κ2) is 4.69. The molecule has 2 aliphatic rings. The molecule has 0 aromatic heterocycles. The predicted molar refractivity (Wildman–Crippen MR) is 72.9 cm³/mol. The lowest BCUT2D eigenvalue weighted by Crippen LogP contribution is -2.38. The minimum atomic E-state index is 0.722. The Morgan fingerprint density at radius 1 is 1.35 bits per heavy atom. The lowest BCUT2D eigenvalue weighted by molar-refractivity contribution is 0.520. The second-order valence-corrected chi connectivity index (χ2v) is 5.24. The number of para-hydroxylation sites is 1. The van der Waals surface area contributed by atoms with Gasteiger partial charge in [-0.3, -0.25) is 0 Å². The Kier molecular flexibility index (Phi) is 3.06. The number of likely N-dealkylation sites (N-methyl/N-ethyl adjacent to an activating group) is 1. The molecule has 1 aromatic carbocycles. The van der Waals surface area contributed by atoms with E-state index in [1.165, 1.54) is 32.4 Å². The summed E-state index contributed by atoms with van der Waals surface area (Å²) in [5.41, 5.74) is 4.75. The number of nitrogens with one attached hydrogen (secondary N) is 1. The molecule has 1 atom stereocenters. The molecular weight excluding hydrogens is 208 g/mol. The van der Waals surface area contributed by atoms with E-state index in [0.29, 0.717) is 0 Å². The Balaban J connectivity index is 1.94. The van der Waals surface area contributed by atoms with E-state index in [0.717, 1.165) is 19.0 Å². The van der Waals surface area contributed by atoms with Crippen molar-refractivity contribution < 1.29 is 0 Å². The summed E-state index contributed by atoms with van der Waals surface area (Å²) in [6, 6.07) is 6.92. The van der Waals surface area contributed by atoms with Crippen LogP contribution in [-0.2, 0) is 6.42 Å². The predicted octanol–water partition coefficient (Wildman–Crippen LogP) is 2.54. The lowest BCUT2D eigenvalue weighted by atomic mass is 9.85. The van der Waals surface area contributed by atoms with Gasteiger partial charge >= 0.3 is 0 Å². The van der Waals surface area contributed by atoms with Crippen molar-refractivity contribution >= 4 is 5.69 Å². The summed E-state index contributed by atoms with van der Waals surface area (Å²) in [7, 11) is 0. The molecule has 0 saturated carbocycles. The maximum absolute atomic E-state index is 3.51. The van der Waals surface area contributed by atoms with Gasteiger partial charge in [-0.2, -0.15) is 0 Å². The standard InChI is InChI=1S/C15H22N2/c1-2-16-11-13-8-10-17-9-4-6-12-5-3-7-14(13)15(12)17/h3,5,7,13,16H,2,4,6,8-11H2,1H3. The molecule has 1 aromatic rings. The molecule has 1 unspecified atom stereocenters. The fourth-order valence-electron chi connectivity index (χ4n) is 3.32. The highest BCUT2D eigenvalue weighted by Gasteiger charge is 2.28. The molecule has 1 N–H and O–H groups in total. The van der Waals surface area contributed by atoms with Crippen molar-refractivity contribution in [3.8, 4) is 0 Å². The maximum Gasteiger partial charge on any atom is 0.0434 e. The van der Waals surface area contributed by atoms with E-state index in [2.05, 4.69) is 35.3 Å². The molecule has 0 fully saturated rings. The third kappa shape index (κ3) is 1.95. The first kappa shape index (κ1) is 11.1. The van der Waals surface area contributed by atoms with Crippen LogP contribution in [0.2, 0.25) is 0 Å². The van der Waals surface area contributed by atoms with E-state index in [1.54, 1.807) is 16.8 Å². The zero-order valence-electron chi connectivity index (χ0n) is 10.7. The molecule has 0 amide bonds. The Labute approximate surface area is 104 Å². The Bertz CT molecular complexity index is 400. The van der Waals surface area contributed by atoms with Crippen LogP contribution >= 0.6 is 0 Å². The normalized spacial score (nSPS) is 22.4. The first-order valence-electron chi connectivity index (χ1n) is 6.97. The molecule has 0 spiro atoms. The minimum absolute atomic E-state index is 0.722. The number of nitrogens with zero attached hydrogens (tertiary/aromatic N) is 1. The van der Waals surface area contributed by atoms with Crippen LogP contribution in [0.5, 0.6) is 0 Å². The fraction of sp³-hybridized carbons (Fsp3) is 0.600.